The number of amides is 1. The van der Waals surface area contributed by atoms with Crippen molar-refractivity contribution in [3.63, 3.8) is 0 Å². The molecule has 132 valence electrons. The van der Waals surface area contributed by atoms with Gasteiger partial charge in [-0.1, -0.05) is 6.07 Å². The number of imidazole rings is 1. The van der Waals surface area contributed by atoms with Gasteiger partial charge in [0.15, 0.2) is 0 Å². The van der Waals surface area contributed by atoms with Gasteiger partial charge in [0, 0.05) is 25.5 Å². The first-order valence-corrected chi connectivity index (χ1v) is 7.49. The molecule has 1 aromatic heterocycles. The molecule has 1 aromatic carbocycles. The number of nitrogens with zero attached hydrogens (tertiary/aromatic N) is 2. The van der Waals surface area contributed by atoms with Crippen LogP contribution in [-0.2, 0) is 11.3 Å². The highest BCUT2D eigenvalue weighted by atomic mass is 35.5. The Morgan fingerprint density at radius 1 is 1.42 bits per heavy atom. The van der Waals surface area contributed by atoms with Crippen LogP contribution >= 0.6 is 24.8 Å². The smallest absolute Gasteiger partial charge is 0.224 e. The van der Waals surface area contributed by atoms with Gasteiger partial charge in [-0.05, 0) is 37.1 Å². The Balaban J connectivity index is 0.00000144. The Morgan fingerprint density at radius 3 is 2.88 bits per heavy atom. The zero-order valence-electron chi connectivity index (χ0n) is 13.1. The Morgan fingerprint density at radius 2 is 2.25 bits per heavy atom. The van der Waals surface area contributed by atoms with E-state index in [1.165, 1.54) is 6.07 Å². The lowest BCUT2D eigenvalue weighted by molar-refractivity contribution is -0.125. The molecule has 0 spiro atoms. The maximum Gasteiger partial charge on any atom is 0.224 e. The van der Waals surface area contributed by atoms with Gasteiger partial charge in [0.2, 0.25) is 5.91 Å². The van der Waals surface area contributed by atoms with Gasteiger partial charge < -0.3 is 15.2 Å². The first-order chi connectivity index (χ1) is 10.7. The topological polar surface area (TPSA) is 59.0 Å². The van der Waals surface area contributed by atoms with Crippen molar-refractivity contribution >= 4 is 30.7 Å². The van der Waals surface area contributed by atoms with E-state index in [9.17, 15) is 9.18 Å². The van der Waals surface area contributed by atoms with Gasteiger partial charge >= 0.3 is 0 Å². The summed E-state index contributed by atoms with van der Waals surface area (Å²) in [7, 11) is 0. The van der Waals surface area contributed by atoms with Crippen molar-refractivity contribution in [2.45, 2.75) is 19.4 Å². The zero-order chi connectivity index (χ0) is 15.4. The fourth-order valence-electron chi connectivity index (χ4n) is 2.68. The third kappa shape index (κ3) is 4.93. The molecule has 1 amide bonds. The Kier molecular flexibility index (Phi) is 8.18. The number of benzene rings is 1. The maximum atomic E-state index is 14.1. The molecular formula is C16H21Cl2FN4O. The highest BCUT2D eigenvalue weighted by molar-refractivity contribution is 5.85. The summed E-state index contributed by atoms with van der Waals surface area (Å²) in [5, 5.41) is 6.10. The van der Waals surface area contributed by atoms with Gasteiger partial charge in [-0.3, -0.25) is 4.79 Å². The number of carbonyl (C=O) groups is 1. The molecule has 2 N–H and O–H groups in total. The molecule has 2 aromatic rings. The summed E-state index contributed by atoms with van der Waals surface area (Å²) in [6.07, 6.45) is 6.77. The van der Waals surface area contributed by atoms with Crippen LogP contribution in [0.5, 0.6) is 0 Å². The number of hydrogen-bond acceptors (Lipinski definition) is 3. The summed E-state index contributed by atoms with van der Waals surface area (Å²) in [5.74, 6) is -0.279. The SMILES string of the molecule is Cl.Cl.O=C(NCc1ccc(-n2ccnc2)c(F)c1)C1CCCNC1. The summed E-state index contributed by atoms with van der Waals surface area (Å²) >= 11 is 0. The van der Waals surface area contributed by atoms with E-state index >= 15 is 0 Å². The molecule has 1 saturated heterocycles. The van der Waals surface area contributed by atoms with Crippen molar-refractivity contribution in [3.05, 3.63) is 48.3 Å². The van der Waals surface area contributed by atoms with Crippen molar-refractivity contribution in [2.24, 2.45) is 5.92 Å². The van der Waals surface area contributed by atoms with Crippen molar-refractivity contribution in [2.75, 3.05) is 13.1 Å². The van der Waals surface area contributed by atoms with E-state index < -0.39 is 0 Å². The average molecular weight is 375 g/mol. The fourth-order valence-corrected chi connectivity index (χ4v) is 2.68. The van der Waals surface area contributed by atoms with E-state index in [1.54, 1.807) is 29.4 Å². The highest BCUT2D eigenvalue weighted by Gasteiger charge is 2.20. The van der Waals surface area contributed by atoms with Crippen LogP contribution in [0.15, 0.2) is 36.9 Å². The number of halogens is 3. The lowest BCUT2D eigenvalue weighted by atomic mass is 9.99. The summed E-state index contributed by atoms with van der Waals surface area (Å²) in [6, 6.07) is 4.97. The van der Waals surface area contributed by atoms with E-state index in [-0.39, 0.29) is 42.5 Å². The van der Waals surface area contributed by atoms with Gasteiger partial charge in [0.05, 0.1) is 17.9 Å². The van der Waals surface area contributed by atoms with Crippen LogP contribution in [0.25, 0.3) is 5.69 Å². The molecule has 1 fully saturated rings. The molecule has 0 radical (unpaired) electrons. The monoisotopic (exact) mass is 374 g/mol. The molecule has 1 atom stereocenters. The lowest BCUT2D eigenvalue weighted by Gasteiger charge is -2.21. The third-order valence-electron chi connectivity index (χ3n) is 3.93. The van der Waals surface area contributed by atoms with E-state index in [0.717, 1.165) is 31.5 Å². The molecule has 0 bridgehead atoms. The van der Waals surface area contributed by atoms with E-state index in [1.807, 2.05) is 6.07 Å². The average Bonchev–Trinajstić information content (AvgIpc) is 3.07. The van der Waals surface area contributed by atoms with Gasteiger partial charge in [0.25, 0.3) is 0 Å². The number of aromatic nitrogens is 2. The molecule has 1 aliphatic rings. The third-order valence-corrected chi connectivity index (χ3v) is 3.93. The number of hydrogen-bond donors (Lipinski definition) is 2. The standard InChI is InChI=1S/C16H19FN4O.2ClH/c17-14-8-12(3-4-15(14)21-7-6-19-11-21)9-20-16(22)13-2-1-5-18-10-13;;/h3-4,6-8,11,13,18H,1-2,5,9-10H2,(H,20,22);2*1H. The first kappa shape index (κ1) is 20.4. The van der Waals surface area contributed by atoms with Crippen LogP contribution in [0.2, 0.25) is 0 Å². The molecule has 3 rings (SSSR count). The Hall–Kier alpha value is -1.63. The summed E-state index contributed by atoms with van der Waals surface area (Å²) < 4.78 is 15.7. The van der Waals surface area contributed by atoms with Crippen LogP contribution in [0.1, 0.15) is 18.4 Å². The van der Waals surface area contributed by atoms with Crippen LogP contribution in [0, 0.1) is 11.7 Å². The summed E-state index contributed by atoms with van der Waals surface area (Å²) in [6.45, 7) is 2.04. The van der Waals surface area contributed by atoms with E-state index in [0.29, 0.717) is 12.2 Å². The van der Waals surface area contributed by atoms with Gasteiger partial charge in [-0.25, -0.2) is 9.37 Å². The number of piperidine rings is 1. The van der Waals surface area contributed by atoms with Crippen molar-refractivity contribution < 1.29 is 9.18 Å². The quantitative estimate of drug-likeness (QED) is 0.863. The summed E-state index contributed by atoms with van der Waals surface area (Å²) in [4.78, 5) is 16.0. The van der Waals surface area contributed by atoms with Crippen LogP contribution in [0.4, 0.5) is 4.39 Å². The molecule has 8 heteroatoms. The zero-order valence-corrected chi connectivity index (χ0v) is 14.7. The molecule has 0 saturated carbocycles. The van der Waals surface area contributed by atoms with Crippen LogP contribution in [-0.4, -0.2) is 28.5 Å². The first-order valence-electron chi connectivity index (χ1n) is 7.49. The maximum absolute atomic E-state index is 14.1. The second-order valence-corrected chi connectivity index (χ2v) is 5.52. The van der Waals surface area contributed by atoms with Crippen molar-refractivity contribution in [1.82, 2.24) is 20.2 Å². The predicted molar refractivity (Wildman–Crippen MR) is 95.5 cm³/mol. The molecule has 5 nitrogen and oxygen atoms in total. The minimum absolute atomic E-state index is 0. The lowest BCUT2D eigenvalue weighted by Crippen LogP contribution is -2.40. The normalized spacial score (nSPS) is 16.6. The predicted octanol–water partition coefficient (Wildman–Crippen LogP) is 2.47. The van der Waals surface area contributed by atoms with Gasteiger partial charge in [-0.2, -0.15) is 0 Å². The molecule has 1 unspecified atom stereocenters. The molecular weight excluding hydrogens is 354 g/mol. The van der Waals surface area contributed by atoms with E-state index in [2.05, 4.69) is 15.6 Å². The molecule has 0 aliphatic carbocycles. The number of nitrogens with one attached hydrogen (secondary N) is 2. The second kappa shape index (κ2) is 9.61. The van der Waals surface area contributed by atoms with Crippen LogP contribution in [0.3, 0.4) is 0 Å². The minimum atomic E-state index is -0.330. The fraction of sp³-hybridized carbons (Fsp3) is 0.375. The largest absolute Gasteiger partial charge is 0.352 e. The minimum Gasteiger partial charge on any atom is -0.352 e. The van der Waals surface area contributed by atoms with Gasteiger partial charge in [-0.15, -0.1) is 24.8 Å². The van der Waals surface area contributed by atoms with Crippen molar-refractivity contribution in [1.29, 1.82) is 0 Å². The van der Waals surface area contributed by atoms with Gasteiger partial charge in [0.1, 0.15) is 5.82 Å². The molecule has 24 heavy (non-hydrogen) atoms. The van der Waals surface area contributed by atoms with Crippen molar-refractivity contribution in [3.8, 4) is 5.69 Å². The molecule has 1 aliphatic heterocycles. The summed E-state index contributed by atoms with van der Waals surface area (Å²) in [5.41, 5.74) is 1.20. The second-order valence-electron chi connectivity index (χ2n) is 5.52. The number of carbonyl (C=O) groups excluding carboxylic acids is 1. The highest BCUT2D eigenvalue weighted by Crippen LogP contribution is 2.15. The number of rotatable bonds is 4. The van der Waals surface area contributed by atoms with E-state index in [4.69, 9.17) is 0 Å². The van der Waals surface area contributed by atoms with Crippen LogP contribution < -0.4 is 10.6 Å². The Bertz CT molecular complexity index is 646. The molecule has 2 heterocycles. The Labute approximate surface area is 152 Å².